The van der Waals surface area contributed by atoms with Crippen molar-refractivity contribution >= 4 is 11.9 Å². The van der Waals surface area contributed by atoms with Crippen LogP contribution in [0.15, 0.2) is 0 Å². The van der Waals surface area contributed by atoms with Crippen molar-refractivity contribution in [2.45, 2.75) is 64.0 Å². The molecule has 5 heteroatoms. The van der Waals surface area contributed by atoms with E-state index in [9.17, 15) is 14.7 Å². The summed E-state index contributed by atoms with van der Waals surface area (Å²) in [6, 6.07) is 0. The van der Waals surface area contributed by atoms with Gasteiger partial charge in [-0.1, -0.05) is 6.42 Å². The van der Waals surface area contributed by atoms with Crippen LogP contribution in [0, 0.1) is 0 Å². The van der Waals surface area contributed by atoms with Crippen molar-refractivity contribution in [3.63, 3.8) is 0 Å². The highest BCUT2D eigenvalue weighted by Crippen LogP contribution is 2.28. The number of nitrogens with one attached hydrogen (secondary N) is 1. The summed E-state index contributed by atoms with van der Waals surface area (Å²) < 4.78 is 4.89. The van der Waals surface area contributed by atoms with Gasteiger partial charge in [-0.3, -0.25) is 4.79 Å². The van der Waals surface area contributed by atoms with Crippen LogP contribution in [0.5, 0.6) is 0 Å². The van der Waals surface area contributed by atoms with E-state index < -0.39 is 11.6 Å². The summed E-state index contributed by atoms with van der Waals surface area (Å²) >= 11 is 0. The summed E-state index contributed by atoms with van der Waals surface area (Å²) in [5, 5.41) is 12.8. The lowest BCUT2D eigenvalue weighted by molar-refractivity contribution is -0.170. The third-order valence-corrected chi connectivity index (χ3v) is 2.91. The SMILES string of the molecule is CC(C)(C)NC(=O)COC(=O)C1(O)CCCCC1. The predicted molar refractivity (Wildman–Crippen MR) is 66.9 cm³/mol. The van der Waals surface area contributed by atoms with Gasteiger partial charge in [-0.05, 0) is 46.5 Å². The van der Waals surface area contributed by atoms with E-state index in [0.29, 0.717) is 12.8 Å². The van der Waals surface area contributed by atoms with Gasteiger partial charge in [0.15, 0.2) is 12.2 Å². The van der Waals surface area contributed by atoms with Crippen LogP contribution in [0.25, 0.3) is 0 Å². The molecule has 0 aromatic heterocycles. The largest absolute Gasteiger partial charge is 0.453 e. The average Bonchev–Trinajstić information content (AvgIpc) is 2.24. The second kappa shape index (κ2) is 5.69. The Morgan fingerprint density at radius 3 is 2.28 bits per heavy atom. The Labute approximate surface area is 108 Å². The van der Waals surface area contributed by atoms with Crippen LogP contribution in [-0.4, -0.2) is 34.7 Å². The Hall–Kier alpha value is -1.10. The standard InChI is InChI=1S/C13H23NO4/c1-12(2,3)14-10(15)9-18-11(16)13(17)7-5-4-6-8-13/h17H,4-9H2,1-3H3,(H,14,15). The highest BCUT2D eigenvalue weighted by Gasteiger charge is 2.38. The minimum Gasteiger partial charge on any atom is -0.453 e. The van der Waals surface area contributed by atoms with Crippen molar-refractivity contribution in [2.75, 3.05) is 6.61 Å². The highest BCUT2D eigenvalue weighted by atomic mass is 16.6. The highest BCUT2D eigenvalue weighted by molar-refractivity contribution is 5.84. The predicted octanol–water partition coefficient (Wildman–Crippen LogP) is 1.14. The van der Waals surface area contributed by atoms with Crippen LogP contribution in [0.4, 0.5) is 0 Å². The molecule has 1 amide bonds. The Morgan fingerprint density at radius 2 is 1.78 bits per heavy atom. The van der Waals surface area contributed by atoms with E-state index in [-0.39, 0.29) is 18.1 Å². The Morgan fingerprint density at radius 1 is 1.22 bits per heavy atom. The molecule has 1 rings (SSSR count). The molecule has 0 aromatic rings. The Balaban J connectivity index is 2.39. The smallest absolute Gasteiger partial charge is 0.338 e. The van der Waals surface area contributed by atoms with Crippen LogP contribution in [0.2, 0.25) is 0 Å². The quantitative estimate of drug-likeness (QED) is 0.743. The van der Waals surface area contributed by atoms with Crippen LogP contribution >= 0.6 is 0 Å². The summed E-state index contributed by atoms with van der Waals surface area (Å²) in [4.78, 5) is 23.2. The molecule has 0 aliphatic heterocycles. The first-order valence-electron chi connectivity index (χ1n) is 6.44. The fourth-order valence-corrected chi connectivity index (χ4v) is 2.06. The van der Waals surface area contributed by atoms with E-state index in [1.54, 1.807) is 0 Å². The minimum absolute atomic E-state index is 0.335. The molecule has 0 heterocycles. The Kier molecular flexibility index (Phi) is 4.73. The van der Waals surface area contributed by atoms with E-state index >= 15 is 0 Å². The van der Waals surface area contributed by atoms with Crippen LogP contribution < -0.4 is 5.32 Å². The van der Waals surface area contributed by atoms with Crippen molar-refractivity contribution in [3.8, 4) is 0 Å². The molecule has 104 valence electrons. The molecule has 5 nitrogen and oxygen atoms in total. The van der Waals surface area contributed by atoms with Gasteiger partial charge in [0.2, 0.25) is 0 Å². The molecule has 18 heavy (non-hydrogen) atoms. The summed E-state index contributed by atoms with van der Waals surface area (Å²) in [5.74, 6) is -1.03. The lowest BCUT2D eigenvalue weighted by Crippen LogP contribution is -2.46. The lowest BCUT2D eigenvalue weighted by Gasteiger charge is -2.29. The summed E-state index contributed by atoms with van der Waals surface area (Å²) in [6.45, 7) is 5.21. The van der Waals surface area contributed by atoms with E-state index in [1.807, 2.05) is 20.8 Å². The average molecular weight is 257 g/mol. The van der Waals surface area contributed by atoms with Gasteiger partial charge < -0.3 is 15.2 Å². The summed E-state index contributed by atoms with van der Waals surface area (Å²) in [5.41, 5.74) is -1.74. The number of carbonyl (C=O) groups is 2. The first kappa shape index (κ1) is 15.0. The van der Waals surface area contributed by atoms with E-state index in [4.69, 9.17) is 4.74 Å². The number of hydrogen-bond donors (Lipinski definition) is 2. The molecule has 0 saturated heterocycles. The summed E-state index contributed by atoms with van der Waals surface area (Å²) in [6.07, 6.45) is 3.51. The molecule has 1 saturated carbocycles. The molecule has 0 unspecified atom stereocenters. The first-order chi connectivity index (χ1) is 8.23. The Bertz CT molecular complexity index is 313. The lowest BCUT2D eigenvalue weighted by atomic mass is 9.85. The van der Waals surface area contributed by atoms with Crippen molar-refractivity contribution < 1.29 is 19.4 Å². The van der Waals surface area contributed by atoms with E-state index in [1.165, 1.54) is 0 Å². The summed E-state index contributed by atoms with van der Waals surface area (Å²) in [7, 11) is 0. The number of carbonyl (C=O) groups excluding carboxylic acids is 2. The second-order valence-corrected chi connectivity index (χ2v) is 5.97. The normalized spacial score (nSPS) is 19.1. The number of amides is 1. The van der Waals surface area contributed by atoms with Gasteiger partial charge in [-0.15, -0.1) is 0 Å². The van der Waals surface area contributed by atoms with Gasteiger partial charge >= 0.3 is 5.97 Å². The molecule has 0 atom stereocenters. The number of hydrogen-bond acceptors (Lipinski definition) is 4. The monoisotopic (exact) mass is 257 g/mol. The minimum atomic E-state index is -1.39. The molecule has 0 aromatic carbocycles. The van der Waals surface area contributed by atoms with Gasteiger partial charge in [0, 0.05) is 5.54 Å². The molecule has 1 aliphatic rings. The zero-order valence-electron chi connectivity index (χ0n) is 11.4. The zero-order chi connectivity index (χ0) is 13.8. The van der Waals surface area contributed by atoms with E-state index in [2.05, 4.69) is 5.32 Å². The molecule has 0 spiro atoms. The number of ether oxygens (including phenoxy) is 1. The molecular formula is C13H23NO4. The zero-order valence-corrected chi connectivity index (χ0v) is 11.4. The second-order valence-electron chi connectivity index (χ2n) is 5.97. The van der Waals surface area contributed by atoms with Crippen molar-refractivity contribution in [2.24, 2.45) is 0 Å². The molecule has 0 bridgehead atoms. The number of aliphatic hydroxyl groups is 1. The van der Waals surface area contributed by atoms with E-state index in [0.717, 1.165) is 19.3 Å². The van der Waals surface area contributed by atoms with Crippen molar-refractivity contribution in [1.82, 2.24) is 5.32 Å². The topological polar surface area (TPSA) is 75.6 Å². The third kappa shape index (κ3) is 4.64. The van der Waals surface area contributed by atoms with Crippen LogP contribution in [-0.2, 0) is 14.3 Å². The van der Waals surface area contributed by atoms with Crippen molar-refractivity contribution in [3.05, 3.63) is 0 Å². The fraction of sp³-hybridized carbons (Fsp3) is 0.846. The first-order valence-corrected chi connectivity index (χ1v) is 6.44. The fourth-order valence-electron chi connectivity index (χ4n) is 2.06. The third-order valence-electron chi connectivity index (χ3n) is 2.91. The molecule has 2 N–H and O–H groups in total. The molecule has 1 aliphatic carbocycles. The maximum Gasteiger partial charge on any atom is 0.338 e. The maximum atomic E-state index is 11.7. The van der Waals surface area contributed by atoms with Gasteiger partial charge in [0.1, 0.15) is 0 Å². The number of rotatable bonds is 3. The van der Waals surface area contributed by atoms with Crippen molar-refractivity contribution in [1.29, 1.82) is 0 Å². The number of esters is 1. The molecular weight excluding hydrogens is 234 g/mol. The van der Waals surface area contributed by atoms with Crippen LogP contribution in [0.1, 0.15) is 52.9 Å². The van der Waals surface area contributed by atoms with Gasteiger partial charge in [-0.25, -0.2) is 4.79 Å². The van der Waals surface area contributed by atoms with Gasteiger partial charge in [-0.2, -0.15) is 0 Å². The van der Waals surface area contributed by atoms with Gasteiger partial charge in [0.25, 0.3) is 5.91 Å². The maximum absolute atomic E-state index is 11.7. The molecule has 1 fully saturated rings. The van der Waals surface area contributed by atoms with Crippen LogP contribution in [0.3, 0.4) is 0 Å². The van der Waals surface area contributed by atoms with Gasteiger partial charge in [0.05, 0.1) is 0 Å². The molecule has 0 radical (unpaired) electrons.